The molecule has 0 aliphatic carbocycles. The van der Waals surface area contributed by atoms with E-state index in [0.717, 1.165) is 0 Å². The second-order valence-corrected chi connectivity index (χ2v) is 4.94. The highest BCUT2D eigenvalue weighted by Gasteiger charge is 2.09. The van der Waals surface area contributed by atoms with E-state index in [1.807, 2.05) is 0 Å². The van der Waals surface area contributed by atoms with E-state index < -0.39 is 11.6 Å². The number of hydrogen-bond acceptors (Lipinski definition) is 2. The maximum Gasteiger partial charge on any atom is 0.165 e. The van der Waals surface area contributed by atoms with E-state index in [1.165, 1.54) is 24.3 Å². The topological polar surface area (TPSA) is 35.2 Å². The SMILES string of the molecule is C[C@@H](N)c1ccc(OCc2ccc(Cl)cc2F)c(F)c1. The number of nitrogens with two attached hydrogens (primary N) is 1. The minimum Gasteiger partial charge on any atom is -0.486 e. The molecule has 0 amide bonds. The van der Waals surface area contributed by atoms with Crippen molar-refractivity contribution in [2.24, 2.45) is 5.73 Å². The molecule has 0 aromatic heterocycles. The van der Waals surface area contributed by atoms with E-state index in [9.17, 15) is 8.78 Å². The zero-order valence-electron chi connectivity index (χ0n) is 10.9. The fraction of sp³-hybridized carbons (Fsp3) is 0.200. The number of rotatable bonds is 4. The Morgan fingerprint density at radius 2 is 1.90 bits per heavy atom. The Morgan fingerprint density at radius 1 is 1.15 bits per heavy atom. The molecular weight excluding hydrogens is 284 g/mol. The molecule has 0 heterocycles. The molecule has 1 atom stereocenters. The standard InChI is InChI=1S/C15H14ClF2NO/c1-9(19)10-3-5-15(14(18)6-10)20-8-11-2-4-12(16)7-13(11)17/h2-7,9H,8,19H2,1H3/t9-/m1/s1. The largest absolute Gasteiger partial charge is 0.486 e. The second kappa shape index (κ2) is 6.20. The Kier molecular flexibility index (Phi) is 4.57. The van der Waals surface area contributed by atoms with Crippen molar-refractivity contribution in [2.75, 3.05) is 0 Å². The molecule has 106 valence electrons. The van der Waals surface area contributed by atoms with E-state index in [-0.39, 0.29) is 18.4 Å². The molecule has 5 heteroatoms. The molecular formula is C15H14ClF2NO. The first-order valence-electron chi connectivity index (χ1n) is 6.09. The summed E-state index contributed by atoms with van der Waals surface area (Å²) in [6, 6.07) is 8.48. The monoisotopic (exact) mass is 297 g/mol. The Labute approximate surface area is 121 Å². The van der Waals surface area contributed by atoms with E-state index in [1.54, 1.807) is 19.1 Å². The van der Waals surface area contributed by atoms with Crippen LogP contribution < -0.4 is 10.5 Å². The second-order valence-electron chi connectivity index (χ2n) is 4.50. The molecule has 0 radical (unpaired) electrons. The summed E-state index contributed by atoms with van der Waals surface area (Å²) in [6.07, 6.45) is 0. The lowest BCUT2D eigenvalue weighted by atomic mass is 10.1. The van der Waals surface area contributed by atoms with Crippen molar-refractivity contribution < 1.29 is 13.5 Å². The van der Waals surface area contributed by atoms with E-state index in [4.69, 9.17) is 22.1 Å². The Hall–Kier alpha value is -1.65. The summed E-state index contributed by atoms with van der Waals surface area (Å²) in [5, 5.41) is 0.304. The van der Waals surface area contributed by atoms with Gasteiger partial charge < -0.3 is 10.5 Å². The molecule has 0 aliphatic heterocycles. The quantitative estimate of drug-likeness (QED) is 0.917. The summed E-state index contributed by atoms with van der Waals surface area (Å²) in [5.41, 5.74) is 6.65. The Morgan fingerprint density at radius 3 is 2.50 bits per heavy atom. The predicted octanol–water partition coefficient (Wildman–Crippen LogP) is 4.22. The van der Waals surface area contributed by atoms with E-state index >= 15 is 0 Å². The van der Waals surface area contributed by atoms with Crippen molar-refractivity contribution in [3.05, 3.63) is 64.2 Å². The highest BCUT2D eigenvalue weighted by Crippen LogP contribution is 2.23. The van der Waals surface area contributed by atoms with Crippen molar-refractivity contribution in [3.8, 4) is 5.75 Å². The van der Waals surface area contributed by atoms with Crippen LogP contribution in [-0.2, 0) is 6.61 Å². The molecule has 0 unspecified atom stereocenters. The van der Waals surface area contributed by atoms with Gasteiger partial charge in [0.05, 0.1) is 0 Å². The summed E-state index contributed by atoms with van der Waals surface area (Å²) in [5.74, 6) is -0.942. The van der Waals surface area contributed by atoms with Crippen LogP contribution in [0, 0.1) is 11.6 Å². The lowest BCUT2D eigenvalue weighted by Gasteiger charge is -2.11. The minimum atomic E-state index is -0.519. The van der Waals surface area contributed by atoms with Crippen molar-refractivity contribution in [3.63, 3.8) is 0 Å². The summed E-state index contributed by atoms with van der Waals surface area (Å²) in [6.45, 7) is 1.69. The average molecular weight is 298 g/mol. The summed E-state index contributed by atoms with van der Waals surface area (Å²) >= 11 is 5.65. The van der Waals surface area contributed by atoms with Crippen LogP contribution >= 0.6 is 11.6 Å². The van der Waals surface area contributed by atoms with Crippen LogP contribution in [0.15, 0.2) is 36.4 Å². The van der Waals surface area contributed by atoms with E-state index in [2.05, 4.69) is 0 Å². The van der Waals surface area contributed by atoms with Gasteiger partial charge in [-0.3, -0.25) is 0 Å². The molecule has 20 heavy (non-hydrogen) atoms. The molecule has 0 bridgehead atoms. The molecule has 2 rings (SSSR count). The molecule has 2 N–H and O–H groups in total. The summed E-state index contributed by atoms with van der Waals surface area (Å²) in [7, 11) is 0. The molecule has 2 aromatic rings. The molecule has 0 saturated carbocycles. The minimum absolute atomic E-state index is 0.0590. The van der Waals surface area contributed by atoms with Gasteiger partial charge >= 0.3 is 0 Å². The van der Waals surface area contributed by atoms with Gasteiger partial charge in [-0.2, -0.15) is 0 Å². The van der Waals surface area contributed by atoms with E-state index in [0.29, 0.717) is 16.1 Å². The van der Waals surface area contributed by atoms with Gasteiger partial charge in [0.15, 0.2) is 11.6 Å². The van der Waals surface area contributed by atoms with Gasteiger partial charge in [-0.15, -0.1) is 0 Å². The van der Waals surface area contributed by atoms with Gasteiger partial charge in [-0.25, -0.2) is 8.78 Å². The third kappa shape index (κ3) is 3.46. The highest BCUT2D eigenvalue weighted by molar-refractivity contribution is 6.30. The van der Waals surface area contributed by atoms with Gasteiger partial charge in [-0.1, -0.05) is 23.7 Å². The van der Waals surface area contributed by atoms with Crippen LogP contribution in [-0.4, -0.2) is 0 Å². The van der Waals surface area contributed by atoms with Crippen molar-refractivity contribution >= 4 is 11.6 Å². The van der Waals surface area contributed by atoms with Gasteiger partial charge in [-0.05, 0) is 36.8 Å². The molecule has 0 saturated heterocycles. The fourth-order valence-electron chi connectivity index (χ4n) is 1.71. The van der Waals surface area contributed by atoms with Gasteiger partial charge in [0.1, 0.15) is 12.4 Å². The average Bonchev–Trinajstić information content (AvgIpc) is 2.38. The fourth-order valence-corrected chi connectivity index (χ4v) is 1.87. The van der Waals surface area contributed by atoms with Gasteiger partial charge in [0.25, 0.3) is 0 Å². The zero-order chi connectivity index (χ0) is 14.7. The Bertz CT molecular complexity index is 617. The lowest BCUT2D eigenvalue weighted by Crippen LogP contribution is -2.06. The molecule has 0 spiro atoms. The maximum absolute atomic E-state index is 13.8. The first kappa shape index (κ1) is 14.8. The number of hydrogen-bond donors (Lipinski definition) is 1. The first-order chi connectivity index (χ1) is 9.47. The highest BCUT2D eigenvalue weighted by atomic mass is 35.5. The van der Waals surface area contributed by atoms with Crippen LogP contribution in [0.25, 0.3) is 0 Å². The number of ether oxygens (including phenoxy) is 1. The Balaban J connectivity index is 2.11. The van der Waals surface area contributed by atoms with Crippen LogP contribution in [0.4, 0.5) is 8.78 Å². The number of halogens is 3. The van der Waals surface area contributed by atoms with Gasteiger partial charge in [0, 0.05) is 16.6 Å². The first-order valence-corrected chi connectivity index (χ1v) is 6.47. The summed E-state index contributed by atoms with van der Waals surface area (Å²) in [4.78, 5) is 0. The van der Waals surface area contributed by atoms with Crippen LogP contribution in [0.5, 0.6) is 5.75 Å². The van der Waals surface area contributed by atoms with Crippen molar-refractivity contribution in [2.45, 2.75) is 19.6 Å². The third-order valence-corrected chi connectivity index (χ3v) is 3.12. The molecule has 0 fully saturated rings. The van der Waals surface area contributed by atoms with Crippen LogP contribution in [0.3, 0.4) is 0 Å². The molecule has 2 nitrogen and oxygen atoms in total. The summed E-state index contributed by atoms with van der Waals surface area (Å²) < 4.78 is 32.6. The zero-order valence-corrected chi connectivity index (χ0v) is 11.6. The van der Waals surface area contributed by atoms with Crippen LogP contribution in [0.1, 0.15) is 24.1 Å². The normalized spacial score (nSPS) is 12.2. The third-order valence-electron chi connectivity index (χ3n) is 2.88. The van der Waals surface area contributed by atoms with Crippen molar-refractivity contribution in [1.29, 1.82) is 0 Å². The van der Waals surface area contributed by atoms with Crippen molar-refractivity contribution in [1.82, 2.24) is 0 Å². The smallest absolute Gasteiger partial charge is 0.165 e. The predicted molar refractivity (Wildman–Crippen MR) is 74.7 cm³/mol. The lowest BCUT2D eigenvalue weighted by molar-refractivity contribution is 0.284. The number of benzene rings is 2. The molecule has 0 aliphatic rings. The molecule has 2 aromatic carbocycles. The maximum atomic E-state index is 13.8. The van der Waals surface area contributed by atoms with Crippen LogP contribution in [0.2, 0.25) is 5.02 Å². The van der Waals surface area contributed by atoms with Gasteiger partial charge in [0.2, 0.25) is 0 Å².